The zero-order chi connectivity index (χ0) is 19.2. The van der Waals surface area contributed by atoms with Crippen molar-refractivity contribution in [3.8, 4) is 11.5 Å². The van der Waals surface area contributed by atoms with Crippen molar-refractivity contribution in [2.45, 2.75) is 19.8 Å². The second-order valence-electron chi connectivity index (χ2n) is 6.18. The number of rotatable bonds is 7. The van der Waals surface area contributed by atoms with Gasteiger partial charge in [0.15, 0.2) is 6.61 Å². The molecule has 3 rings (SSSR count). The summed E-state index contributed by atoms with van der Waals surface area (Å²) in [6, 6.07) is 14.1. The molecule has 2 N–H and O–H groups in total. The molecule has 3 aromatic rings. The van der Waals surface area contributed by atoms with Gasteiger partial charge in [-0.05, 0) is 48.4 Å². The third-order valence-electron chi connectivity index (χ3n) is 4.16. The summed E-state index contributed by atoms with van der Waals surface area (Å²) in [6.07, 6.45) is 1.79. The number of H-pyrrole nitrogens is 1. The van der Waals surface area contributed by atoms with Gasteiger partial charge in [-0.15, -0.1) is 0 Å². The number of carbonyl (C=O) groups excluding carboxylic acids is 1. The molecule has 1 amide bonds. The second-order valence-corrected chi connectivity index (χ2v) is 6.18. The number of pyridine rings is 1. The summed E-state index contributed by atoms with van der Waals surface area (Å²) < 4.78 is 10.6. The maximum atomic E-state index is 12.1. The minimum absolute atomic E-state index is 0.114. The highest BCUT2D eigenvalue weighted by atomic mass is 16.5. The van der Waals surface area contributed by atoms with Gasteiger partial charge in [-0.3, -0.25) is 9.59 Å². The number of methoxy groups -OCH3 is 1. The number of benzene rings is 2. The van der Waals surface area contributed by atoms with Gasteiger partial charge in [0.25, 0.3) is 5.91 Å². The number of aromatic nitrogens is 1. The molecular weight excluding hydrogens is 344 g/mol. The molecule has 0 bridgehead atoms. The molecule has 1 aromatic heterocycles. The van der Waals surface area contributed by atoms with Crippen LogP contribution >= 0.6 is 0 Å². The van der Waals surface area contributed by atoms with E-state index in [1.54, 1.807) is 43.5 Å². The molecule has 0 saturated carbocycles. The first-order valence-corrected chi connectivity index (χ1v) is 8.81. The van der Waals surface area contributed by atoms with Crippen LogP contribution in [0, 0.1) is 0 Å². The van der Waals surface area contributed by atoms with Gasteiger partial charge in [0.1, 0.15) is 11.5 Å². The molecule has 0 fully saturated rings. The lowest BCUT2D eigenvalue weighted by Gasteiger charge is -2.10. The van der Waals surface area contributed by atoms with Gasteiger partial charge in [0.2, 0.25) is 5.56 Å². The average molecular weight is 366 g/mol. The first kappa shape index (κ1) is 18.5. The number of ether oxygens (including phenoxy) is 2. The van der Waals surface area contributed by atoms with Crippen molar-refractivity contribution in [3.05, 3.63) is 64.4 Å². The van der Waals surface area contributed by atoms with Crippen LogP contribution in [0.5, 0.6) is 11.5 Å². The lowest BCUT2D eigenvalue weighted by molar-refractivity contribution is -0.118. The highest BCUT2D eigenvalue weighted by molar-refractivity contribution is 5.94. The smallest absolute Gasteiger partial charge is 0.262 e. The highest BCUT2D eigenvalue weighted by Gasteiger charge is 2.07. The third-order valence-corrected chi connectivity index (χ3v) is 4.16. The van der Waals surface area contributed by atoms with Gasteiger partial charge >= 0.3 is 0 Å². The van der Waals surface area contributed by atoms with Crippen LogP contribution in [0.15, 0.2) is 53.3 Å². The number of aryl methyl sites for hydroxylation is 1. The zero-order valence-corrected chi connectivity index (χ0v) is 15.4. The fourth-order valence-corrected chi connectivity index (χ4v) is 2.90. The maximum absolute atomic E-state index is 12.1. The average Bonchev–Trinajstić information content (AvgIpc) is 2.66. The van der Waals surface area contributed by atoms with Crippen LogP contribution in [0.2, 0.25) is 0 Å². The number of hydrogen-bond donors (Lipinski definition) is 2. The molecule has 140 valence electrons. The molecule has 6 heteroatoms. The minimum Gasteiger partial charge on any atom is -0.497 e. The van der Waals surface area contributed by atoms with Gasteiger partial charge in [-0.2, -0.15) is 0 Å². The Morgan fingerprint density at radius 3 is 2.52 bits per heavy atom. The van der Waals surface area contributed by atoms with E-state index in [-0.39, 0.29) is 18.1 Å². The van der Waals surface area contributed by atoms with Crippen LogP contribution in [-0.2, 0) is 11.2 Å². The Hall–Kier alpha value is -3.28. The third kappa shape index (κ3) is 4.67. The summed E-state index contributed by atoms with van der Waals surface area (Å²) in [6.45, 7) is 1.96. The molecular formula is C21H22N2O4. The Kier molecular flexibility index (Phi) is 5.76. The molecule has 0 spiro atoms. The van der Waals surface area contributed by atoms with Crippen molar-refractivity contribution in [1.29, 1.82) is 0 Å². The van der Waals surface area contributed by atoms with E-state index >= 15 is 0 Å². The van der Waals surface area contributed by atoms with E-state index in [4.69, 9.17) is 9.47 Å². The van der Waals surface area contributed by atoms with Crippen LogP contribution in [0.4, 0.5) is 5.69 Å². The van der Waals surface area contributed by atoms with Crippen molar-refractivity contribution in [2.24, 2.45) is 0 Å². The Bertz CT molecular complexity index is 993. The summed E-state index contributed by atoms with van der Waals surface area (Å²) in [4.78, 5) is 26.8. The molecule has 0 radical (unpaired) electrons. The number of aromatic amines is 1. The molecule has 0 aliphatic rings. The van der Waals surface area contributed by atoms with Gasteiger partial charge in [0, 0.05) is 17.1 Å². The first-order valence-electron chi connectivity index (χ1n) is 8.81. The predicted octanol–water partition coefficient (Wildman–Crippen LogP) is 3.51. The van der Waals surface area contributed by atoms with Crippen molar-refractivity contribution < 1.29 is 14.3 Å². The van der Waals surface area contributed by atoms with E-state index < -0.39 is 0 Å². The lowest BCUT2D eigenvalue weighted by Crippen LogP contribution is -2.20. The quantitative estimate of drug-likeness (QED) is 0.671. The zero-order valence-electron chi connectivity index (χ0n) is 15.4. The topological polar surface area (TPSA) is 80.4 Å². The molecule has 0 aliphatic carbocycles. The van der Waals surface area contributed by atoms with E-state index in [1.165, 1.54) is 0 Å². The lowest BCUT2D eigenvalue weighted by atomic mass is 10.0. The number of carbonyl (C=O) groups is 1. The Morgan fingerprint density at radius 2 is 1.81 bits per heavy atom. The Morgan fingerprint density at radius 1 is 1.07 bits per heavy atom. The maximum Gasteiger partial charge on any atom is 0.262 e. The number of nitrogens with one attached hydrogen (secondary N) is 2. The molecule has 0 unspecified atom stereocenters. The van der Waals surface area contributed by atoms with Crippen molar-refractivity contribution in [1.82, 2.24) is 4.98 Å². The fourth-order valence-electron chi connectivity index (χ4n) is 2.90. The molecule has 0 saturated heterocycles. The van der Waals surface area contributed by atoms with Crippen LogP contribution in [0.25, 0.3) is 10.9 Å². The summed E-state index contributed by atoms with van der Waals surface area (Å²) >= 11 is 0. The van der Waals surface area contributed by atoms with Crippen LogP contribution in [0.1, 0.15) is 18.9 Å². The van der Waals surface area contributed by atoms with Crippen molar-refractivity contribution >= 4 is 22.5 Å². The second kappa shape index (κ2) is 8.40. The fraction of sp³-hybridized carbons (Fsp3) is 0.238. The number of hydrogen-bond acceptors (Lipinski definition) is 4. The minimum atomic E-state index is -0.280. The van der Waals surface area contributed by atoms with Crippen LogP contribution < -0.4 is 20.3 Å². The summed E-state index contributed by atoms with van der Waals surface area (Å²) in [5.41, 5.74) is 2.18. The molecule has 27 heavy (non-hydrogen) atoms. The van der Waals surface area contributed by atoms with E-state index in [0.717, 1.165) is 29.5 Å². The van der Waals surface area contributed by atoms with Crippen molar-refractivity contribution in [2.75, 3.05) is 19.0 Å². The van der Waals surface area contributed by atoms with E-state index in [9.17, 15) is 9.59 Å². The van der Waals surface area contributed by atoms with E-state index in [0.29, 0.717) is 17.0 Å². The molecule has 0 aliphatic heterocycles. The number of fused-ring (bicyclic) bond motifs is 1. The Labute approximate surface area is 157 Å². The van der Waals surface area contributed by atoms with Crippen LogP contribution in [-0.4, -0.2) is 24.6 Å². The van der Waals surface area contributed by atoms with Gasteiger partial charge in [-0.1, -0.05) is 19.4 Å². The Balaban J connectivity index is 1.68. The summed E-state index contributed by atoms with van der Waals surface area (Å²) in [7, 11) is 1.59. The highest BCUT2D eigenvalue weighted by Crippen LogP contribution is 2.21. The number of amides is 1. The summed E-state index contributed by atoms with van der Waals surface area (Å²) in [5.74, 6) is 1.02. The van der Waals surface area contributed by atoms with Gasteiger partial charge in [0.05, 0.1) is 12.6 Å². The summed E-state index contributed by atoms with van der Waals surface area (Å²) in [5, 5.41) is 3.78. The molecule has 1 heterocycles. The van der Waals surface area contributed by atoms with E-state index in [2.05, 4.69) is 17.2 Å². The SMILES string of the molecule is CCCc1cc(=O)[nH]c2cc(NC(=O)COc3ccc(OC)cc3)ccc12. The number of anilines is 1. The van der Waals surface area contributed by atoms with Gasteiger partial charge < -0.3 is 19.8 Å². The van der Waals surface area contributed by atoms with Gasteiger partial charge in [-0.25, -0.2) is 0 Å². The standard InChI is InChI=1S/C21H22N2O4/c1-3-4-14-11-20(24)23-19-12-15(5-10-18(14)19)22-21(25)13-27-17-8-6-16(26-2)7-9-17/h5-12H,3-4,13H2,1-2H3,(H,22,25)(H,23,24). The first-order chi connectivity index (χ1) is 13.1. The van der Waals surface area contributed by atoms with E-state index in [1.807, 2.05) is 12.1 Å². The molecule has 6 nitrogen and oxygen atoms in total. The molecule has 2 aromatic carbocycles. The van der Waals surface area contributed by atoms with Crippen LogP contribution in [0.3, 0.4) is 0 Å². The molecule has 0 atom stereocenters. The monoisotopic (exact) mass is 366 g/mol. The largest absolute Gasteiger partial charge is 0.497 e. The normalized spacial score (nSPS) is 10.6. The van der Waals surface area contributed by atoms with Crippen molar-refractivity contribution in [3.63, 3.8) is 0 Å². The predicted molar refractivity (Wildman–Crippen MR) is 106 cm³/mol.